The molecule has 2 rings (SSSR count). The van der Waals surface area contributed by atoms with Crippen LogP contribution in [0, 0.1) is 6.92 Å². The number of ether oxygens (including phenoxy) is 1. The van der Waals surface area contributed by atoms with Crippen LogP contribution >= 0.6 is 0 Å². The standard InChI is InChI=1S/C15H21NO3/c1-11-13(7-5-8-14(11)17)15(18)16(2)10-12-6-3-4-9-19-12/h5,7-8,12,17H,3-4,6,9-10H2,1-2H3. The van der Waals surface area contributed by atoms with E-state index in [4.69, 9.17) is 4.74 Å². The first-order chi connectivity index (χ1) is 9.09. The van der Waals surface area contributed by atoms with E-state index in [-0.39, 0.29) is 17.8 Å². The molecule has 0 spiro atoms. The Bertz CT molecular complexity index is 453. The molecular formula is C15H21NO3. The van der Waals surface area contributed by atoms with E-state index >= 15 is 0 Å². The minimum Gasteiger partial charge on any atom is -0.508 e. The Hall–Kier alpha value is -1.55. The molecule has 19 heavy (non-hydrogen) atoms. The SMILES string of the molecule is Cc1c(O)cccc1C(=O)N(C)CC1CCCCO1. The maximum Gasteiger partial charge on any atom is 0.254 e. The van der Waals surface area contributed by atoms with Crippen LogP contribution in [0.15, 0.2) is 18.2 Å². The van der Waals surface area contributed by atoms with Gasteiger partial charge in [-0.25, -0.2) is 0 Å². The van der Waals surface area contributed by atoms with Crippen LogP contribution in [-0.2, 0) is 4.74 Å². The minimum absolute atomic E-state index is 0.0671. The second kappa shape index (κ2) is 6.06. The molecule has 0 saturated carbocycles. The van der Waals surface area contributed by atoms with Crippen molar-refractivity contribution < 1.29 is 14.6 Å². The predicted molar refractivity (Wildman–Crippen MR) is 73.4 cm³/mol. The van der Waals surface area contributed by atoms with Crippen molar-refractivity contribution in [2.24, 2.45) is 0 Å². The summed E-state index contributed by atoms with van der Waals surface area (Å²) in [6.07, 6.45) is 3.43. The molecule has 0 aromatic heterocycles. The lowest BCUT2D eigenvalue weighted by molar-refractivity contribution is -0.000206. The summed E-state index contributed by atoms with van der Waals surface area (Å²) in [5.74, 6) is 0.0933. The lowest BCUT2D eigenvalue weighted by atomic mass is 10.1. The van der Waals surface area contributed by atoms with Crippen LogP contribution < -0.4 is 0 Å². The van der Waals surface area contributed by atoms with Gasteiger partial charge >= 0.3 is 0 Å². The van der Waals surface area contributed by atoms with Crippen LogP contribution in [0.3, 0.4) is 0 Å². The van der Waals surface area contributed by atoms with Gasteiger partial charge in [-0.3, -0.25) is 4.79 Å². The van der Waals surface area contributed by atoms with Crippen molar-refractivity contribution in [2.75, 3.05) is 20.2 Å². The summed E-state index contributed by atoms with van der Waals surface area (Å²) in [6.45, 7) is 3.15. The second-order valence-electron chi connectivity index (χ2n) is 5.12. The zero-order chi connectivity index (χ0) is 13.8. The largest absolute Gasteiger partial charge is 0.508 e. The van der Waals surface area contributed by atoms with Crippen molar-refractivity contribution in [1.29, 1.82) is 0 Å². The fourth-order valence-electron chi connectivity index (χ4n) is 2.40. The third-order valence-electron chi connectivity index (χ3n) is 3.63. The second-order valence-corrected chi connectivity index (χ2v) is 5.12. The quantitative estimate of drug-likeness (QED) is 0.910. The normalized spacial score (nSPS) is 19.2. The molecule has 1 amide bonds. The highest BCUT2D eigenvalue weighted by molar-refractivity contribution is 5.96. The maximum atomic E-state index is 12.4. The van der Waals surface area contributed by atoms with Gasteiger partial charge in [0.15, 0.2) is 0 Å². The molecule has 1 aliphatic heterocycles. The van der Waals surface area contributed by atoms with Gasteiger partial charge in [0.05, 0.1) is 6.10 Å². The monoisotopic (exact) mass is 263 g/mol. The molecule has 1 unspecified atom stereocenters. The van der Waals surface area contributed by atoms with Crippen LogP contribution in [0.25, 0.3) is 0 Å². The van der Waals surface area contributed by atoms with E-state index in [9.17, 15) is 9.90 Å². The minimum atomic E-state index is -0.0671. The summed E-state index contributed by atoms with van der Waals surface area (Å²) in [5.41, 5.74) is 1.18. The van der Waals surface area contributed by atoms with Crippen LogP contribution in [-0.4, -0.2) is 42.2 Å². The van der Waals surface area contributed by atoms with Gasteiger partial charge in [-0.15, -0.1) is 0 Å². The summed E-state index contributed by atoms with van der Waals surface area (Å²) in [4.78, 5) is 14.0. The van der Waals surface area contributed by atoms with E-state index in [1.54, 1.807) is 37.1 Å². The molecule has 0 radical (unpaired) electrons. The number of nitrogens with zero attached hydrogens (tertiary/aromatic N) is 1. The van der Waals surface area contributed by atoms with Crippen molar-refractivity contribution in [3.05, 3.63) is 29.3 Å². The van der Waals surface area contributed by atoms with Crippen LogP contribution in [0.2, 0.25) is 0 Å². The van der Waals surface area contributed by atoms with Crippen molar-refractivity contribution in [3.8, 4) is 5.75 Å². The van der Waals surface area contributed by atoms with Gasteiger partial charge in [-0.05, 0) is 38.3 Å². The van der Waals surface area contributed by atoms with Gasteiger partial charge in [0.2, 0.25) is 0 Å². The molecule has 1 atom stereocenters. The number of phenols is 1. The molecule has 1 saturated heterocycles. The van der Waals surface area contributed by atoms with Gasteiger partial charge in [0, 0.05) is 31.3 Å². The number of aromatic hydroxyl groups is 1. The summed E-state index contributed by atoms with van der Waals surface area (Å²) in [6, 6.07) is 5.03. The summed E-state index contributed by atoms with van der Waals surface area (Å²) in [5, 5.41) is 9.66. The van der Waals surface area contributed by atoms with Crippen molar-refractivity contribution in [2.45, 2.75) is 32.3 Å². The predicted octanol–water partition coefficient (Wildman–Crippen LogP) is 2.34. The summed E-state index contributed by atoms with van der Waals surface area (Å²) in [7, 11) is 1.78. The zero-order valence-corrected chi connectivity index (χ0v) is 11.6. The number of likely N-dealkylation sites (N-methyl/N-ethyl adjacent to an activating group) is 1. The van der Waals surface area contributed by atoms with Gasteiger partial charge in [0.1, 0.15) is 5.75 Å². The van der Waals surface area contributed by atoms with E-state index < -0.39 is 0 Å². The molecule has 1 N–H and O–H groups in total. The first-order valence-electron chi connectivity index (χ1n) is 6.75. The fraction of sp³-hybridized carbons (Fsp3) is 0.533. The third kappa shape index (κ3) is 3.26. The lowest BCUT2D eigenvalue weighted by Crippen LogP contribution is -2.37. The number of rotatable bonds is 3. The highest BCUT2D eigenvalue weighted by Crippen LogP contribution is 2.21. The average molecular weight is 263 g/mol. The van der Waals surface area contributed by atoms with Crippen LogP contribution in [0.5, 0.6) is 5.75 Å². The van der Waals surface area contributed by atoms with E-state index in [1.165, 1.54) is 0 Å². The average Bonchev–Trinajstić information content (AvgIpc) is 2.42. The summed E-state index contributed by atoms with van der Waals surface area (Å²) < 4.78 is 5.65. The van der Waals surface area contributed by atoms with Crippen molar-refractivity contribution >= 4 is 5.91 Å². The number of benzene rings is 1. The number of carbonyl (C=O) groups is 1. The first-order valence-corrected chi connectivity index (χ1v) is 6.75. The topological polar surface area (TPSA) is 49.8 Å². The molecule has 1 aromatic rings. The molecule has 1 fully saturated rings. The van der Waals surface area contributed by atoms with E-state index in [2.05, 4.69) is 0 Å². The molecular weight excluding hydrogens is 242 g/mol. The number of amides is 1. The number of carbonyl (C=O) groups excluding carboxylic acids is 1. The Morgan fingerprint density at radius 1 is 1.47 bits per heavy atom. The molecule has 4 heteroatoms. The van der Waals surface area contributed by atoms with E-state index in [1.807, 2.05) is 0 Å². The van der Waals surface area contributed by atoms with Crippen LogP contribution in [0.1, 0.15) is 35.2 Å². The zero-order valence-electron chi connectivity index (χ0n) is 11.6. The van der Waals surface area contributed by atoms with E-state index in [0.717, 1.165) is 25.9 Å². The highest BCUT2D eigenvalue weighted by Gasteiger charge is 2.21. The van der Waals surface area contributed by atoms with Gasteiger partial charge in [-0.2, -0.15) is 0 Å². The molecule has 0 bridgehead atoms. The highest BCUT2D eigenvalue weighted by atomic mass is 16.5. The van der Waals surface area contributed by atoms with Gasteiger partial charge in [-0.1, -0.05) is 6.07 Å². The molecule has 1 heterocycles. The van der Waals surface area contributed by atoms with Crippen molar-refractivity contribution in [3.63, 3.8) is 0 Å². The smallest absolute Gasteiger partial charge is 0.254 e. The maximum absolute atomic E-state index is 12.4. The van der Waals surface area contributed by atoms with E-state index in [0.29, 0.717) is 17.7 Å². The lowest BCUT2D eigenvalue weighted by Gasteiger charge is -2.27. The Balaban J connectivity index is 2.03. The van der Waals surface area contributed by atoms with Crippen LogP contribution in [0.4, 0.5) is 0 Å². The Labute approximate surface area is 114 Å². The molecule has 1 aromatic carbocycles. The number of phenolic OH excluding ortho intramolecular Hbond substituents is 1. The van der Waals surface area contributed by atoms with Gasteiger partial charge < -0.3 is 14.7 Å². The Morgan fingerprint density at radius 2 is 2.26 bits per heavy atom. The molecule has 4 nitrogen and oxygen atoms in total. The molecule has 104 valence electrons. The van der Waals surface area contributed by atoms with Crippen molar-refractivity contribution in [1.82, 2.24) is 4.90 Å². The molecule has 0 aliphatic carbocycles. The first kappa shape index (κ1) is 13.9. The number of hydrogen-bond donors (Lipinski definition) is 1. The number of hydrogen-bond acceptors (Lipinski definition) is 3. The third-order valence-corrected chi connectivity index (χ3v) is 3.63. The fourth-order valence-corrected chi connectivity index (χ4v) is 2.40. The molecule has 1 aliphatic rings. The summed E-state index contributed by atoms with van der Waals surface area (Å²) >= 11 is 0. The Kier molecular flexibility index (Phi) is 4.43. The Morgan fingerprint density at radius 3 is 2.95 bits per heavy atom. The van der Waals surface area contributed by atoms with Gasteiger partial charge in [0.25, 0.3) is 5.91 Å².